The summed E-state index contributed by atoms with van der Waals surface area (Å²) in [5.41, 5.74) is 1.76. The number of aryl methyl sites for hydroxylation is 1. The SMILES string of the molecule is CCC(C(=O)NCC(C)C)N(Cc1ccc(OC)cc1)C(=O)CN(c1cc(Cl)cc(Cl)c1)S(=O)(=O)c1ccc(C)cc1. The molecule has 8 nitrogen and oxygen atoms in total. The molecule has 0 aliphatic rings. The molecule has 1 atom stereocenters. The Labute approximate surface area is 258 Å². The molecule has 11 heteroatoms. The van der Waals surface area contributed by atoms with E-state index in [-0.39, 0.29) is 39.0 Å². The molecule has 1 unspecified atom stereocenters. The van der Waals surface area contributed by atoms with Gasteiger partial charge in [0.15, 0.2) is 0 Å². The molecule has 2 amide bonds. The van der Waals surface area contributed by atoms with Gasteiger partial charge in [0.25, 0.3) is 10.0 Å². The Morgan fingerprint density at radius 2 is 1.55 bits per heavy atom. The van der Waals surface area contributed by atoms with Crippen LogP contribution in [-0.4, -0.2) is 51.4 Å². The van der Waals surface area contributed by atoms with Crippen molar-refractivity contribution in [3.63, 3.8) is 0 Å². The van der Waals surface area contributed by atoms with E-state index >= 15 is 0 Å². The lowest BCUT2D eigenvalue weighted by atomic mass is 10.1. The molecule has 3 aromatic carbocycles. The van der Waals surface area contributed by atoms with Crippen molar-refractivity contribution in [2.45, 2.75) is 51.6 Å². The topological polar surface area (TPSA) is 96.0 Å². The first-order valence-electron chi connectivity index (χ1n) is 13.6. The fourth-order valence-corrected chi connectivity index (χ4v) is 6.23. The number of sulfonamides is 1. The van der Waals surface area contributed by atoms with Crippen LogP contribution in [0, 0.1) is 12.8 Å². The van der Waals surface area contributed by atoms with E-state index < -0.39 is 28.5 Å². The number of benzene rings is 3. The van der Waals surface area contributed by atoms with E-state index in [4.69, 9.17) is 27.9 Å². The van der Waals surface area contributed by atoms with Gasteiger partial charge >= 0.3 is 0 Å². The molecular weight excluding hydrogens is 597 g/mol. The highest BCUT2D eigenvalue weighted by molar-refractivity contribution is 7.92. The Bertz CT molecular complexity index is 1460. The van der Waals surface area contributed by atoms with E-state index in [9.17, 15) is 18.0 Å². The third-order valence-corrected chi connectivity index (χ3v) is 8.83. The van der Waals surface area contributed by atoms with Gasteiger partial charge in [-0.1, -0.05) is 73.8 Å². The average Bonchev–Trinajstić information content (AvgIpc) is 2.94. The van der Waals surface area contributed by atoms with Crippen molar-refractivity contribution in [3.05, 3.63) is 87.9 Å². The first-order chi connectivity index (χ1) is 19.8. The Morgan fingerprint density at radius 3 is 2.07 bits per heavy atom. The lowest BCUT2D eigenvalue weighted by Crippen LogP contribution is -2.52. The minimum absolute atomic E-state index is 0.000389. The first kappa shape index (κ1) is 33.2. The van der Waals surface area contributed by atoms with Gasteiger partial charge in [0.05, 0.1) is 17.7 Å². The second-order valence-corrected chi connectivity index (χ2v) is 13.1. The molecular formula is C31H37Cl2N3O5S. The van der Waals surface area contributed by atoms with Crippen LogP contribution in [0.3, 0.4) is 0 Å². The van der Waals surface area contributed by atoms with Gasteiger partial charge in [-0.25, -0.2) is 8.42 Å². The lowest BCUT2D eigenvalue weighted by Gasteiger charge is -2.33. The van der Waals surface area contributed by atoms with E-state index in [1.165, 1.54) is 35.2 Å². The highest BCUT2D eigenvalue weighted by atomic mass is 35.5. The smallest absolute Gasteiger partial charge is 0.264 e. The number of nitrogens with zero attached hydrogens (tertiary/aromatic N) is 2. The maximum absolute atomic E-state index is 14.1. The fraction of sp³-hybridized carbons (Fsp3) is 0.355. The zero-order valence-electron chi connectivity index (χ0n) is 24.4. The molecule has 0 aliphatic carbocycles. The number of amides is 2. The number of carbonyl (C=O) groups excluding carboxylic acids is 2. The molecule has 3 rings (SSSR count). The molecule has 1 N–H and O–H groups in total. The van der Waals surface area contributed by atoms with Crippen LogP contribution in [0.2, 0.25) is 10.0 Å². The van der Waals surface area contributed by atoms with Crippen LogP contribution in [0.1, 0.15) is 38.3 Å². The summed E-state index contributed by atoms with van der Waals surface area (Å²) >= 11 is 12.5. The Balaban J connectivity index is 2.07. The number of hydrogen-bond acceptors (Lipinski definition) is 5. The number of hydrogen-bond donors (Lipinski definition) is 1. The monoisotopic (exact) mass is 633 g/mol. The molecule has 0 fully saturated rings. The summed E-state index contributed by atoms with van der Waals surface area (Å²) in [4.78, 5) is 28.9. The first-order valence-corrected chi connectivity index (χ1v) is 15.8. The Hall–Kier alpha value is -3.27. The van der Waals surface area contributed by atoms with Crippen molar-refractivity contribution in [3.8, 4) is 5.75 Å². The predicted octanol–water partition coefficient (Wildman–Crippen LogP) is 6.09. The molecule has 226 valence electrons. The molecule has 0 bridgehead atoms. The van der Waals surface area contributed by atoms with Gasteiger partial charge in [-0.15, -0.1) is 0 Å². The van der Waals surface area contributed by atoms with Crippen LogP contribution < -0.4 is 14.4 Å². The number of methoxy groups -OCH3 is 1. The van der Waals surface area contributed by atoms with Gasteiger partial charge in [-0.05, 0) is 67.3 Å². The van der Waals surface area contributed by atoms with E-state index in [2.05, 4.69) is 5.32 Å². The Morgan fingerprint density at radius 1 is 0.952 bits per heavy atom. The maximum Gasteiger partial charge on any atom is 0.264 e. The zero-order valence-corrected chi connectivity index (χ0v) is 26.8. The van der Waals surface area contributed by atoms with Crippen LogP contribution in [0.5, 0.6) is 5.75 Å². The van der Waals surface area contributed by atoms with Crippen LogP contribution in [0.15, 0.2) is 71.6 Å². The number of carbonyl (C=O) groups is 2. The summed E-state index contributed by atoms with van der Waals surface area (Å²) in [7, 11) is -2.68. The van der Waals surface area contributed by atoms with E-state index in [1.807, 2.05) is 27.7 Å². The molecule has 0 aliphatic heterocycles. The molecule has 3 aromatic rings. The Kier molecular flexibility index (Phi) is 11.7. The van der Waals surface area contributed by atoms with Crippen LogP contribution in [0.25, 0.3) is 0 Å². The van der Waals surface area contributed by atoms with Gasteiger partial charge in [-0.3, -0.25) is 13.9 Å². The molecule has 0 radical (unpaired) electrons. The number of halogens is 2. The second kappa shape index (κ2) is 14.8. The summed E-state index contributed by atoms with van der Waals surface area (Å²) in [6, 6.07) is 17.0. The van der Waals surface area contributed by atoms with Crippen molar-refractivity contribution in [2.24, 2.45) is 5.92 Å². The third-order valence-electron chi connectivity index (χ3n) is 6.61. The van der Waals surface area contributed by atoms with E-state index in [0.29, 0.717) is 18.7 Å². The van der Waals surface area contributed by atoms with Gasteiger partial charge < -0.3 is 15.0 Å². The molecule has 0 aromatic heterocycles. The molecule has 0 spiro atoms. The molecule has 42 heavy (non-hydrogen) atoms. The minimum atomic E-state index is -4.24. The summed E-state index contributed by atoms with van der Waals surface area (Å²) in [6.07, 6.45) is 0.319. The van der Waals surface area contributed by atoms with E-state index in [1.54, 1.807) is 43.5 Å². The third kappa shape index (κ3) is 8.63. The highest BCUT2D eigenvalue weighted by Crippen LogP contribution is 2.30. The van der Waals surface area contributed by atoms with Crippen molar-refractivity contribution < 1.29 is 22.7 Å². The van der Waals surface area contributed by atoms with E-state index in [0.717, 1.165) is 15.4 Å². The maximum atomic E-state index is 14.1. The largest absolute Gasteiger partial charge is 0.497 e. The predicted molar refractivity (Wildman–Crippen MR) is 168 cm³/mol. The summed E-state index contributed by atoms with van der Waals surface area (Å²) in [5.74, 6) is -0.0255. The van der Waals surface area contributed by atoms with Gasteiger partial charge in [0.1, 0.15) is 18.3 Å². The van der Waals surface area contributed by atoms with Gasteiger partial charge in [0.2, 0.25) is 11.8 Å². The zero-order chi connectivity index (χ0) is 31.0. The van der Waals surface area contributed by atoms with Crippen molar-refractivity contribution in [1.82, 2.24) is 10.2 Å². The standard InChI is InChI=1S/C31H37Cl2N3O5S/c1-6-29(31(38)34-18-21(2)3)35(19-23-9-11-27(41-5)12-10-23)30(37)20-36(26-16-24(32)15-25(33)17-26)42(39,40)28-13-7-22(4)8-14-28/h7-17,21,29H,6,18-20H2,1-5H3,(H,34,38). The molecule has 0 saturated carbocycles. The molecule has 0 heterocycles. The average molecular weight is 635 g/mol. The van der Waals surface area contributed by atoms with Crippen LogP contribution in [-0.2, 0) is 26.2 Å². The molecule has 0 saturated heterocycles. The second-order valence-electron chi connectivity index (χ2n) is 10.4. The fourth-order valence-electron chi connectivity index (χ4n) is 4.32. The highest BCUT2D eigenvalue weighted by Gasteiger charge is 2.34. The number of ether oxygens (including phenoxy) is 1. The number of rotatable bonds is 13. The lowest BCUT2D eigenvalue weighted by molar-refractivity contribution is -0.140. The summed E-state index contributed by atoms with van der Waals surface area (Å²) in [5, 5.41) is 3.34. The van der Waals surface area contributed by atoms with Gasteiger partial charge in [0, 0.05) is 23.1 Å². The van der Waals surface area contributed by atoms with Gasteiger partial charge in [-0.2, -0.15) is 0 Å². The summed E-state index contributed by atoms with van der Waals surface area (Å²) < 4.78 is 34.2. The minimum Gasteiger partial charge on any atom is -0.497 e. The number of nitrogens with one attached hydrogen (secondary N) is 1. The van der Waals surface area contributed by atoms with Crippen molar-refractivity contribution >= 4 is 50.7 Å². The van der Waals surface area contributed by atoms with Crippen LogP contribution in [0.4, 0.5) is 5.69 Å². The van der Waals surface area contributed by atoms with Crippen LogP contribution >= 0.6 is 23.2 Å². The number of anilines is 1. The normalized spacial score (nSPS) is 12.1. The quantitative estimate of drug-likeness (QED) is 0.246. The summed E-state index contributed by atoms with van der Waals surface area (Å²) in [6.45, 7) is 7.54. The van der Waals surface area contributed by atoms with Crippen molar-refractivity contribution in [2.75, 3.05) is 24.5 Å². The van der Waals surface area contributed by atoms with Crippen molar-refractivity contribution in [1.29, 1.82) is 0 Å².